The van der Waals surface area contributed by atoms with Crippen LogP contribution in [0.2, 0.25) is 0 Å². The fraction of sp³-hybridized carbons (Fsp3) is 0.286. The van der Waals surface area contributed by atoms with E-state index < -0.39 is 0 Å². The van der Waals surface area contributed by atoms with Crippen molar-refractivity contribution < 1.29 is 4.79 Å². The minimum Gasteiger partial charge on any atom is -0.338 e. The quantitative estimate of drug-likeness (QED) is 0.758. The number of aromatic amines is 1. The third-order valence-corrected chi connectivity index (χ3v) is 5.01. The summed E-state index contributed by atoms with van der Waals surface area (Å²) < 4.78 is 1.65. The standard InChI is InChI=1S/C21H22N4O2/c1-15-6-5-9-17(10-15)13-25-20(22-23-21(25)27)18-11-19(26)24(14-18)12-16-7-3-2-4-8-16/h2-10,18H,11-14H2,1H3,(H,23,27). The number of carbonyl (C=O) groups excluding carboxylic acids is 1. The highest BCUT2D eigenvalue weighted by molar-refractivity contribution is 5.79. The Bertz CT molecular complexity index is 1010. The average molecular weight is 362 g/mol. The van der Waals surface area contributed by atoms with Crippen LogP contribution in [0.25, 0.3) is 0 Å². The van der Waals surface area contributed by atoms with E-state index >= 15 is 0 Å². The van der Waals surface area contributed by atoms with Gasteiger partial charge in [-0.3, -0.25) is 9.36 Å². The first-order valence-corrected chi connectivity index (χ1v) is 9.12. The lowest BCUT2D eigenvalue weighted by Crippen LogP contribution is -2.25. The van der Waals surface area contributed by atoms with Gasteiger partial charge in [-0.2, -0.15) is 5.10 Å². The molecule has 0 radical (unpaired) electrons. The Kier molecular flexibility index (Phi) is 4.62. The van der Waals surface area contributed by atoms with Crippen molar-refractivity contribution in [3.8, 4) is 0 Å². The molecule has 27 heavy (non-hydrogen) atoms. The summed E-state index contributed by atoms with van der Waals surface area (Å²) in [7, 11) is 0. The lowest BCUT2D eigenvalue weighted by molar-refractivity contribution is -0.128. The number of nitrogens with one attached hydrogen (secondary N) is 1. The van der Waals surface area contributed by atoms with Gasteiger partial charge in [0.25, 0.3) is 0 Å². The second-order valence-electron chi connectivity index (χ2n) is 7.12. The number of aromatic nitrogens is 3. The maximum atomic E-state index is 12.5. The molecule has 1 atom stereocenters. The summed E-state index contributed by atoms with van der Waals surface area (Å²) in [4.78, 5) is 26.6. The van der Waals surface area contributed by atoms with Crippen molar-refractivity contribution in [2.24, 2.45) is 0 Å². The van der Waals surface area contributed by atoms with E-state index in [0.717, 1.165) is 16.7 Å². The van der Waals surface area contributed by atoms with Gasteiger partial charge in [0.05, 0.1) is 6.54 Å². The molecule has 1 aliphatic rings. The van der Waals surface area contributed by atoms with Crippen LogP contribution in [-0.2, 0) is 17.9 Å². The van der Waals surface area contributed by atoms with Crippen molar-refractivity contribution in [1.29, 1.82) is 0 Å². The van der Waals surface area contributed by atoms with Gasteiger partial charge in [0.15, 0.2) is 0 Å². The van der Waals surface area contributed by atoms with E-state index in [4.69, 9.17) is 0 Å². The molecule has 1 saturated heterocycles. The summed E-state index contributed by atoms with van der Waals surface area (Å²) in [6.45, 7) is 3.64. The van der Waals surface area contributed by atoms with Crippen LogP contribution in [0.1, 0.15) is 34.9 Å². The van der Waals surface area contributed by atoms with E-state index in [0.29, 0.717) is 31.9 Å². The molecule has 1 amide bonds. The predicted octanol–water partition coefficient (Wildman–Crippen LogP) is 2.44. The molecule has 0 bridgehead atoms. The summed E-state index contributed by atoms with van der Waals surface area (Å²) in [6, 6.07) is 18.0. The molecular weight excluding hydrogens is 340 g/mol. The number of nitrogens with zero attached hydrogens (tertiary/aromatic N) is 3. The molecule has 138 valence electrons. The Morgan fingerprint density at radius 3 is 2.59 bits per heavy atom. The number of hydrogen-bond donors (Lipinski definition) is 1. The predicted molar refractivity (Wildman–Crippen MR) is 102 cm³/mol. The largest absolute Gasteiger partial charge is 0.343 e. The summed E-state index contributed by atoms with van der Waals surface area (Å²) in [5.41, 5.74) is 3.06. The topological polar surface area (TPSA) is 71.0 Å². The number of rotatable bonds is 5. The van der Waals surface area contributed by atoms with Crippen molar-refractivity contribution >= 4 is 5.91 Å². The molecule has 1 fully saturated rings. The van der Waals surface area contributed by atoms with Crippen LogP contribution in [0.5, 0.6) is 0 Å². The second-order valence-corrected chi connectivity index (χ2v) is 7.12. The number of aryl methyl sites for hydroxylation is 1. The summed E-state index contributed by atoms with van der Waals surface area (Å²) in [5, 5.41) is 6.79. The van der Waals surface area contributed by atoms with Crippen LogP contribution < -0.4 is 5.69 Å². The summed E-state index contributed by atoms with van der Waals surface area (Å²) in [5.74, 6) is 0.678. The fourth-order valence-electron chi connectivity index (χ4n) is 3.69. The van der Waals surface area contributed by atoms with Crippen LogP contribution in [0.4, 0.5) is 0 Å². The molecule has 3 aromatic rings. The highest BCUT2D eigenvalue weighted by Crippen LogP contribution is 2.27. The Morgan fingerprint density at radius 2 is 1.81 bits per heavy atom. The molecular formula is C21H22N4O2. The zero-order valence-corrected chi connectivity index (χ0v) is 15.3. The van der Waals surface area contributed by atoms with Gasteiger partial charge in [-0.25, -0.2) is 9.89 Å². The zero-order chi connectivity index (χ0) is 18.8. The molecule has 6 nitrogen and oxygen atoms in total. The minimum absolute atomic E-state index is 0.0787. The van der Waals surface area contributed by atoms with Gasteiger partial charge in [-0.05, 0) is 18.1 Å². The summed E-state index contributed by atoms with van der Waals surface area (Å²) >= 11 is 0. The molecule has 1 N–H and O–H groups in total. The van der Waals surface area contributed by atoms with Crippen LogP contribution in [0.3, 0.4) is 0 Å². The second kappa shape index (κ2) is 7.23. The Morgan fingerprint density at radius 1 is 1.04 bits per heavy atom. The first kappa shape index (κ1) is 17.3. The number of benzene rings is 2. The third-order valence-electron chi connectivity index (χ3n) is 5.01. The third kappa shape index (κ3) is 3.69. The van der Waals surface area contributed by atoms with Gasteiger partial charge in [0, 0.05) is 25.4 Å². The molecule has 0 spiro atoms. The average Bonchev–Trinajstić information content (AvgIpc) is 3.19. The monoisotopic (exact) mass is 362 g/mol. The van der Waals surface area contributed by atoms with Crippen molar-refractivity contribution in [2.75, 3.05) is 6.54 Å². The molecule has 4 rings (SSSR count). The highest BCUT2D eigenvalue weighted by Gasteiger charge is 2.34. The zero-order valence-electron chi connectivity index (χ0n) is 15.3. The van der Waals surface area contributed by atoms with Gasteiger partial charge in [0.1, 0.15) is 5.82 Å². The maximum Gasteiger partial charge on any atom is 0.343 e. The maximum absolute atomic E-state index is 12.5. The van der Waals surface area contributed by atoms with E-state index in [-0.39, 0.29) is 17.5 Å². The number of likely N-dealkylation sites (tertiary alicyclic amines) is 1. The van der Waals surface area contributed by atoms with E-state index in [1.165, 1.54) is 0 Å². The SMILES string of the molecule is Cc1cccc(Cn2c(C3CC(=O)N(Cc4ccccc4)C3)n[nH]c2=O)c1. The van der Waals surface area contributed by atoms with E-state index in [2.05, 4.69) is 16.3 Å². The first-order chi connectivity index (χ1) is 13.1. The lowest BCUT2D eigenvalue weighted by atomic mass is 10.1. The van der Waals surface area contributed by atoms with Crippen LogP contribution >= 0.6 is 0 Å². The molecule has 1 unspecified atom stereocenters. The van der Waals surface area contributed by atoms with Crippen LogP contribution in [0.15, 0.2) is 59.4 Å². The van der Waals surface area contributed by atoms with Gasteiger partial charge < -0.3 is 4.90 Å². The summed E-state index contributed by atoms with van der Waals surface area (Å²) in [6.07, 6.45) is 0.380. The Labute approximate surface area is 157 Å². The van der Waals surface area contributed by atoms with E-state index in [9.17, 15) is 9.59 Å². The van der Waals surface area contributed by atoms with Crippen molar-refractivity contribution in [3.05, 3.63) is 87.6 Å². The van der Waals surface area contributed by atoms with E-state index in [1.54, 1.807) is 4.57 Å². The molecule has 2 aromatic carbocycles. The number of carbonyl (C=O) groups is 1. The van der Waals surface area contributed by atoms with E-state index in [1.807, 2.05) is 60.4 Å². The molecule has 6 heteroatoms. The van der Waals surface area contributed by atoms with Gasteiger partial charge >= 0.3 is 5.69 Å². The molecule has 0 aliphatic carbocycles. The fourth-order valence-corrected chi connectivity index (χ4v) is 3.69. The molecule has 2 heterocycles. The van der Waals surface area contributed by atoms with Crippen LogP contribution in [0, 0.1) is 6.92 Å². The molecule has 1 aromatic heterocycles. The van der Waals surface area contributed by atoms with Gasteiger partial charge in [0.2, 0.25) is 5.91 Å². The Balaban J connectivity index is 1.54. The Hall–Kier alpha value is -3.15. The van der Waals surface area contributed by atoms with Crippen LogP contribution in [-0.4, -0.2) is 32.1 Å². The van der Waals surface area contributed by atoms with Crippen molar-refractivity contribution in [2.45, 2.75) is 32.4 Å². The lowest BCUT2D eigenvalue weighted by Gasteiger charge is -2.17. The first-order valence-electron chi connectivity index (χ1n) is 9.12. The number of amides is 1. The minimum atomic E-state index is -0.236. The smallest absolute Gasteiger partial charge is 0.338 e. The number of H-pyrrole nitrogens is 1. The van der Waals surface area contributed by atoms with Gasteiger partial charge in [-0.15, -0.1) is 0 Å². The normalized spacial score (nSPS) is 16.9. The highest BCUT2D eigenvalue weighted by atomic mass is 16.2. The van der Waals surface area contributed by atoms with Crippen molar-refractivity contribution in [1.82, 2.24) is 19.7 Å². The van der Waals surface area contributed by atoms with Crippen molar-refractivity contribution in [3.63, 3.8) is 0 Å². The molecule has 0 saturated carbocycles. The molecule has 1 aliphatic heterocycles. The number of hydrogen-bond acceptors (Lipinski definition) is 3. The van der Waals surface area contributed by atoms with Gasteiger partial charge in [-0.1, -0.05) is 60.2 Å².